The maximum atomic E-state index is 12.9. The molecule has 2 amide bonds. The van der Waals surface area contributed by atoms with Crippen molar-refractivity contribution in [3.63, 3.8) is 0 Å². The fraction of sp³-hybridized carbons (Fsp3) is 0.250. The van der Waals surface area contributed by atoms with Crippen molar-refractivity contribution in [2.45, 2.75) is 18.0 Å². The van der Waals surface area contributed by atoms with Crippen molar-refractivity contribution >= 4 is 11.8 Å². The quantitative estimate of drug-likeness (QED) is 0.705. The molecule has 4 heterocycles. The summed E-state index contributed by atoms with van der Waals surface area (Å²) in [6.07, 6.45) is 6.71. The first-order valence-electron chi connectivity index (χ1n) is 10.3. The van der Waals surface area contributed by atoms with Gasteiger partial charge < -0.3 is 14.9 Å². The lowest BCUT2D eigenvalue weighted by molar-refractivity contribution is -0.159. The predicted octanol–water partition coefficient (Wildman–Crippen LogP) is 1.95. The maximum Gasteiger partial charge on any atom is 0.254 e. The number of aromatic nitrogens is 2. The average Bonchev–Trinajstić information content (AvgIpc) is 2.81. The Morgan fingerprint density at radius 1 is 1.00 bits per heavy atom. The molecule has 0 aliphatic carbocycles. The monoisotopic (exact) mass is 414 g/mol. The van der Waals surface area contributed by atoms with E-state index < -0.39 is 0 Å². The number of benzene rings is 1. The van der Waals surface area contributed by atoms with Crippen molar-refractivity contribution in [2.24, 2.45) is 0 Å². The number of carbonyl (C=O) groups is 2. The molecule has 2 saturated heterocycles. The minimum Gasteiger partial charge on any atom is -0.394 e. The van der Waals surface area contributed by atoms with Crippen LogP contribution in [0.25, 0.3) is 11.1 Å². The number of aliphatic hydroxyl groups excluding tert-OH is 1. The van der Waals surface area contributed by atoms with Gasteiger partial charge in [-0.05, 0) is 34.9 Å². The summed E-state index contributed by atoms with van der Waals surface area (Å²) in [5.41, 5.74) is 3.67. The highest BCUT2D eigenvalue weighted by atomic mass is 16.3. The Morgan fingerprint density at radius 3 is 2.45 bits per heavy atom. The minimum atomic E-state index is -0.264. The SMILES string of the molecule is O=C(c1ccncc1)N1CC(=O)N2[C@H](CO)[C@@H](c3ccc(-c4cccnc4)cc3)[C@H]2C1. The molecule has 1 aromatic carbocycles. The van der Waals surface area contributed by atoms with E-state index in [-0.39, 0.29) is 43.0 Å². The molecule has 31 heavy (non-hydrogen) atoms. The molecule has 7 heteroatoms. The topological polar surface area (TPSA) is 86.6 Å². The van der Waals surface area contributed by atoms with Crippen molar-refractivity contribution in [2.75, 3.05) is 19.7 Å². The van der Waals surface area contributed by atoms with Crippen LogP contribution in [-0.2, 0) is 4.79 Å². The molecule has 1 N–H and O–H groups in total. The molecule has 0 spiro atoms. The van der Waals surface area contributed by atoms with Crippen LogP contribution in [0.4, 0.5) is 0 Å². The molecule has 2 aromatic heterocycles. The van der Waals surface area contributed by atoms with E-state index >= 15 is 0 Å². The number of nitrogens with zero attached hydrogens (tertiary/aromatic N) is 4. The molecule has 0 saturated carbocycles. The first-order chi connectivity index (χ1) is 15.2. The lowest BCUT2D eigenvalue weighted by Gasteiger charge is -2.58. The van der Waals surface area contributed by atoms with E-state index in [4.69, 9.17) is 0 Å². The van der Waals surface area contributed by atoms with Crippen LogP contribution in [0.5, 0.6) is 0 Å². The molecule has 2 aliphatic rings. The van der Waals surface area contributed by atoms with Crippen LogP contribution in [-0.4, -0.2) is 68.5 Å². The molecule has 0 unspecified atom stereocenters. The second-order valence-electron chi connectivity index (χ2n) is 7.93. The molecule has 3 aromatic rings. The number of hydrogen-bond acceptors (Lipinski definition) is 5. The molecule has 156 valence electrons. The minimum absolute atomic E-state index is 0.0232. The molecule has 2 aliphatic heterocycles. The Labute approximate surface area is 180 Å². The Bertz CT molecular complexity index is 1090. The van der Waals surface area contributed by atoms with Crippen LogP contribution in [0.3, 0.4) is 0 Å². The fourth-order valence-corrected chi connectivity index (χ4v) is 4.76. The molecule has 7 nitrogen and oxygen atoms in total. The van der Waals surface area contributed by atoms with E-state index in [2.05, 4.69) is 9.97 Å². The zero-order valence-corrected chi connectivity index (χ0v) is 16.8. The van der Waals surface area contributed by atoms with Crippen molar-refractivity contribution in [3.8, 4) is 11.1 Å². The molecular weight excluding hydrogens is 392 g/mol. The summed E-state index contributed by atoms with van der Waals surface area (Å²) in [6.45, 7) is 0.370. The zero-order chi connectivity index (χ0) is 21.4. The highest BCUT2D eigenvalue weighted by Crippen LogP contribution is 2.43. The normalized spacial score (nSPS) is 22.6. The molecule has 0 bridgehead atoms. The Balaban J connectivity index is 1.39. The summed E-state index contributed by atoms with van der Waals surface area (Å²) in [6, 6.07) is 15.0. The molecular formula is C24H22N4O3. The van der Waals surface area contributed by atoms with Gasteiger partial charge >= 0.3 is 0 Å². The number of rotatable bonds is 4. The highest BCUT2D eigenvalue weighted by Gasteiger charge is 2.54. The van der Waals surface area contributed by atoms with Crippen LogP contribution in [0.1, 0.15) is 21.8 Å². The lowest BCUT2D eigenvalue weighted by Crippen LogP contribution is -2.73. The number of hydrogen-bond donors (Lipinski definition) is 1. The number of fused-ring (bicyclic) bond motifs is 1. The summed E-state index contributed by atoms with van der Waals surface area (Å²) in [5, 5.41) is 9.97. The van der Waals surface area contributed by atoms with Gasteiger partial charge in [-0.3, -0.25) is 19.6 Å². The number of aliphatic hydroxyl groups is 1. The van der Waals surface area contributed by atoms with Gasteiger partial charge in [0.25, 0.3) is 5.91 Å². The van der Waals surface area contributed by atoms with Crippen molar-refractivity contribution < 1.29 is 14.7 Å². The summed E-state index contributed by atoms with van der Waals surface area (Å²) in [7, 11) is 0. The van der Waals surface area contributed by atoms with E-state index in [0.29, 0.717) is 12.1 Å². The third-order valence-corrected chi connectivity index (χ3v) is 6.26. The average molecular weight is 414 g/mol. The summed E-state index contributed by atoms with van der Waals surface area (Å²) in [4.78, 5) is 37.1. The van der Waals surface area contributed by atoms with Gasteiger partial charge in [-0.25, -0.2) is 0 Å². The first kappa shape index (κ1) is 19.4. The van der Waals surface area contributed by atoms with E-state index in [1.165, 1.54) is 0 Å². The lowest BCUT2D eigenvalue weighted by atomic mass is 9.73. The van der Waals surface area contributed by atoms with Crippen LogP contribution >= 0.6 is 0 Å². The van der Waals surface area contributed by atoms with Gasteiger partial charge in [0.05, 0.1) is 18.7 Å². The van der Waals surface area contributed by atoms with Crippen LogP contribution in [0.2, 0.25) is 0 Å². The fourth-order valence-electron chi connectivity index (χ4n) is 4.76. The van der Waals surface area contributed by atoms with Gasteiger partial charge in [-0.2, -0.15) is 0 Å². The third kappa shape index (κ3) is 3.37. The second-order valence-corrected chi connectivity index (χ2v) is 7.93. The van der Waals surface area contributed by atoms with Gasteiger partial charge in [0.2, 0.25) is 5.91 Å². The number of piperazine rings is 1. The summed E-state index contributed by atoms with van der Waals surface area (Å²) < 4.78 is 0. The van der Waals surface area contributed by atoms with E-state index in [9.17, 15) is 14.7 Å². The van der Waals surface area contributed by atoms with Crippen LogP contribution in [0, 0.1) is 0 Å². The van der Waals surface area contributed by atoms with Crippen LogP contribution < -0.4 is 0 Å². The predicted molar refractivity (Wildman–Crippen MR) is 114 cm³/mol. The van der Waals surface area contributed by atoms with Crippen molar-refractivity contribution in [1.29, 1.82) is 0 Å². The molecule has 2 fully saturated rings. The summed E-state index contributed by atoms with van der Waals surface area (Å²) in [5.74, 6) is -0.320. The smallest absolute Gasteiger partial charge is 0.254 e. The van der Waals surface area contributed by atoms with Crippen LogP contribution in [0.15, 0.2) is 73.3 Å². The Hall–Kier alpha value is -3.58. The second kappa shape index (κ2) is 7.92. The van der Waals surface area contributed by atoms with E-state index in [1.54, 1.807) is 40.5 Å². The zero-order valence-electron chi connectivity index (χ0n) is 16.8. The van der Waals surface area contributed by atoms with E-state index in [0.717, 1.165) is 16.7 Å². The molecule has 3 atom stereocenters. The van der Waals surface area contributed by atoms with Gasteiger partial charge in [-0.1, -0.05) is 30.3 Å². The molecule has 5 rings (SSSR count). The standard InChI is InChI=1S/C24H22N4O3/c29-15-21-23(17-5-3-16(4-6-17)19-2-1-9-26-12-19)20-13-27(14-22(30)28(20)21)24(31)18-7-10-25-11-8-18/h1-12,20-21,23,29H,13-15H2/t20-,21-,23+/m1/s1. The molecule has 0 radical (unpaired) electrons. The van der Waals surface area contributed by atoms with Crippen molar-refractivity contribution in [3.05, 3.63) is 84.4 Å². The first-order valence-corrected chi connectivity index (χ1v) is 10.3. The largest absolute Gasteiger partial charge is 0.394 e. The third-order valence-electron chi connectivity index (χ3n) is 6.26. The van der Waals surface area contributed by atoms with Gasteiger partial charge in [-0.15, -0.1) is 0 Å². The van der Waals surface area contributed by atoms with E-state index in [1.807, 2.05) is 42.6 Å². The highest BCUT2D eigenvalue weighted by molar-refractivity contribution is 5.97. The van der Waals surface area contributed by atoms with Crippen molar-refractivity contribution in [1.82, 2.24) is 19.8 Å². The van der Waals surface area contributed by atoms with Gasteiger partial charge in [0.1, 0.15) is 6.54 Å². The van der Waals surface area contributed by atoms with Gasteiger partial charge in [0, 0.05) is 42.8 Å². The Kier molecular flexibility index (Phi) is 4.95. The summed E-state index contributed by atoms with van der Waals surface area (Å²) >= 11 is 0. The Morgan fingerprint density at radius 2 is 1.77 bits per heavy atom. The maximum absolute atomic E-state index is 12.9. The number of amides is 2. The van der Waals surface area contributed by atoms with Gasteiger partial charge in [0.15, 0.2) is 0 Å². The number of carbonyl (C=O) groups excluding carboxylic acids is 2. The number of pyridine rings is 2.